The minimum atomic E-state index is -0.604. The van der Waals surface area contributed by atoms with Gasteiger partial charge in [-0.3, -0.25) is 9.59 Å². The van der Waals surface area contributed by atoms with E-state index in [2.05, 4.69) is 4.98 Å². The summed E-state index contributed by atoms with van der Waals surface area (Å²) in [5, 5.41) is 8.71. The molecule has 118 valence electrons. The number of nitriles is 1. The first-order valence-electron chi connectivity index (χ1n) is 6.82. The zero-order valence-corrected chi connectivity index (χ0v) is 13.1. The average molecular weight is 305 g/mol. The Morgan fingerprint density at radius 3 is 2.45 bits per heavy atom. The lowest BCUT2D eigenvalue weighted by atomic mass is 10.1. The Kier molecular flexibility index (Phi) is 5.87. The Morgan fingerprint density at radius 2 is 2.00 bits per heavy atom. The quantitative estimate of drug-likeness (QED) is 0.483. The second kappa shape index (κ2) is 7.41. The molecule has 1 aromatic heterocycles. The number of H-pyrrole nitrogens is 1. The second-order valence-corrected chi connectivity index (χ2v) is 4.77. The molecule has 1 aromatic rings. The van der Waals surface area contributed by atoms with E-state index in [1.807, 2.05) is 6.07 Å². The fourth-order valence-electron chi connectivity index (χ4n) is 2.25. The normalized spacial score (nSPS) is 9.95. The molecule has 0 radical (unpaired) electrons. The van der Waals surface area contributed by atoms with Crippen LogP contribution in [0.3, 0.4) is 0 Å². The molecular formula is C15H19N3O4. The third-order valence-corrected chi connectivity index (χ3v) is 3.39. The van der Waals surface area contributed by atoms with Gasteiger partial charge >= 0.3 is 5.97 Å². The summed E-state index contributed by atoms with van der Waals surface area (Å²) >= 11 is 0. The summed E-state index contributed by atoms with van der Waals surface area (Å²) in [6, 6.07) is 1.92. The van der Waals surface area contributed by atoms with Gasteiger partial charge in [-0.2, -0.15) is 5.26 Å². The van der Waals surface area contributed by atoms with Crippen LogP contribution in [-0.2, 0) is 16.0 Å². The molecule has 1 heterocycles. The molecule has 1 rings (SSSR count). The molecule has 0 aliphatic carbocycles. The zero-order chi connectivity index (χ0) is 16.9. The standard InChI is InChI=1S/C15H19N3O4/c1-5-18(7-6-16)12(20)8-11-13(15(21)22-4)9(2)14(17-11)10(3)19/h17H,5,7-8H2,1-4H3. The Bertz CT molecular complexity index is 640. The summed E-state index contributed by atoms with van der Waals surface area (Å²) in [5.41, 5.74) is 1.28. The summed E-state index contributed by atoms with van der Waals surface area (Å²) in [7, 11) is 1.24. The van der Waals surface area contributed by atoms with Crippen molar-refractivity contribution in [2.24, 2.45) is 0 Å². The van der Waals surface area contributed by atoms with E-state index in [9.17, 15) is 14.4 Å². The van der Waals surface area contributed by atoms with Gasteiger partial charge in [0.05, 0.1) is 30.9 Å². The molecule has 0 aliphatic heterocycles. The van der Waals surface area contributed by atoms with Crippen LogP contribution >= 0.6 is 0 Å². The Labute approximate surface area is 128 Å². The summed E-state index contributed by atoms with van der Waals surface area (Å²) in [5.74, 6) is -1.14. The van der Waals surface area contributed by atoms with Crippen LogP contribution in [0, 0.1) is 18.3 Å². The van der Waals surface area contributed by atoms with E-state index in [0.717, 1.165) is 0 Å². The van der Waals surface area contributed by atoms with Crippen molar-refractivity contribution in [2.45, 2.75) is 27.2 Å². The van der Waals surface area contributed by atoms with Crippen molar-refractivity contribution in [2.75, 3.05) is 20.2 Å². The number of methoxy groups -OCH3 is 1. The predicted molar refractivity (Wildman–Crippen MR) is 78.4 cm³/mol. The smallest absolute Gasteiger partial charge is 0.339 e. The molecule has 0 bridgehead atoms. The summed E-state index contributed by atoms with van der Waals surface area (Å²) in [6.07, 6.45) is -0.103. The van der Waals surface area contributed by atoms with Crippen molar-refractivity contribution in [3.8, 4) is 6.07 Å². The van der Waals surface area contributed by atoms with Gasteiger partial charge in [0.25, 0.3) is 0 Å². The number of hydrogen-bond donors (Lipinski definition) is 1. The van der Waals surface area contributed by atoms with E-state index in [4.69, 9.17) is 10.00 Å². The van der Waals surface area contributed by atoms with E-state index >= 15 is 0 Å². The molecule has 0 fully saturated rings. The summed E-state index contributed by atoms with van der Waals surface area (Å²) < 4.78 is 4.72. The summed E-state index contributed by atoms with van der Waals surface area (Å²) in [4.78, 5) is 39.9. The van der Waals surface area contributed by atoms with Crippen molar-refractivity contribution in [1.29, 1.82) is 5.26 Å². The number of ether oxygens (including phenoxy) is 1. The van der Waals surface area contributed by atoms with Crippen molar-refractivity contribution in [1.82, 2.24) is 9.88 Å². The number of nitrogens with zero attached hydrogens (tertiary/aromatic N) is 2. The van der Waals surface area contributed by atoms with Crippen LogP contribution in [0.5, 0.6) is 0 Å². The van der Waals surface area contributed by atoms with E-state index in [-0.39, 0.29) is 35.9 Å². The number of esters is 1. The van der Waals surface area contributed by atoms with Gasteiger partial charge in [-0.25, -0.2) is 4.79 Å². The van der Waals surface area contributed by atoms with Gasteiger partial charge in [0.1, 0.15) is 6.54 Å². The van der Waals surface area contributed by atoms with Crippen molar-refractivity contribution in [3.63, 3.8) is 0 Å². The topological polar surface area (TPSA) is 103 Å². The van der Waals surface area contributed by atoms with Gasteiger partial charge < -0.3 is 14.6 Å². The average Bonchev–Trinajstić information content (AvgIpc) is 2.80. The fourth-order valence-corrected chi connectivity index (χ4v) is 2.25. The van der Waals surface area contributed by atoms with Crippen molar-refractivity contribution >= 4 is 17.7 Å². The van der Waals surface area contributed by atoms with Gasteiger partial charge in [-0.05, 0) is 19.4 Å². The van der Waals surface area contributed by atoms with E-state index in [1.165, 1.54) is 18.9 Å². The number of aromatic nitrogens is 1. The van der Waals surface area contributed by atoms with Gasteiger partial charge in [-0.15, -0.1) is 0 Å². The molecule has 7 heteroatoms. The number of amides is 1. The van der Waals surface area contributed by atoms with E-state index in [1.54, 1.807) is 13.8 Å². The highest BCUT2D eigenvalue weighted by molar-refractivity contribution is 6.01. The number of likely N-dealkylation sites (N-methyl/N-ethyl adjacent to an activating group) is 1. The number of rotatable bonds is 6. The number of carbonyl (C=O) groups excluding carboxylic acids is 3. The number of carbonyl (C=O) groups is 3. The molecule has 1 amide bonds. The molecule has 0 spiro atoms. The highest BCUT2D eigenvalue weighted by Gasteiger charge is 2.25. The number of Topliss-reactive ketones (excluding diaryl/α,β-unsaturated/α-hetero) is 1. The highest BCUT2D eigenvalue weighted by Crippen LogP contribution is 2.21. The third-order valence-electron chi connectivity index (χ3n) is 3.39. The van der Waals surface area contributed by atoms with Crippen LogP contribution in [-0.4, -0.2) is 47.7 Å². The van der Waals surface area contributed by atoms with Gasteiger partial charge in [0.2, 0.25) is 5.91 Å². The fraction of sp³-hybridized carbons (Fsp3) is 0.467. The first-order chi connectivity index (χ1) is 10.4. The zero-order valence-electron chi connectivity index (χ0n) is 13.1. The molecular weight excluding hydrogens is 286 g/mol. The Morgan fingerprint density at radius 1 is 1.36 bits per heavy atom. The van der Waals surface area contributed by atoms with Crippen LogP contribution in [0.4, 0.5) is 0 Å². The van der Waals surface area contributed by atoms with E-state index < -0.39 is 5.97 Å². The van der Waals surface area contributed by atoms with Gasteiger partial charge in [-0.1, -0.05) is 0 Å². The monoisotopic (exact) mass is 305 g/mol. The SMILES string of the molecule is CCN(CC#N)C(=O)Cc1[nH]c(C(C)=O)c(C)c1C(=O)OC. The van der Waals surface area contributed by atoms with Crippen LogP contribution in [0.2, 0.25) is 0 Å². The maximum atomic E-state index is 12.2. The minimum Gasteiger partial charge on any atom is -0.465 e. The number of hydrogen-bond acceptors (Lipinski definition) is 5. The van der Waals surface area contributed by atoms with Crippen molar-refractivity contribution in [3.05, 3.63) is 22.5 Å². The Balaban J connectivity index is 3.21. The highest BCUT2D eigenvalue weighted by atomic mass is 16.5. The first-order valence-corrected chi connectivity index (χ1v) is 6.82. The lowest BCUT2D eigenvalue weighted by molar-refractivity contribution is -0.129. The second-order valence-electron chi connectivity index (χ2n) is 4.77. The van der Waals surface area contributed by atoms with Gasteiger partial charge in [0, 0.05) is 19.2 Å². The first kappa shape index (κ1) is 17.4. The van der Waals surface area contributed by atoms with E-state index in [0.29, 0.717) is 17.8 Å². The molecule has 0 aromatic carbocycles. The third kappa shape index (κ3) is 3.52. The largest absolute Gasteiger partial charge is 0.465 e. The van der Waals surface area contributed by atoms with Crippen LogP contribution < -0.4 is 0 Å². The number of nitrogens with one attached hydrogen (secondary N) is 1. The van der Waals surface area contributed by atoms with Crippen LogP contribution in [0.25, 0.3) is 0 Å². The maximum absolute atomic E-state index is 12.2. The van der Waals surface area contributed by atoms with Crippen LogP contribution in [0.15, 0.2) is 0 Å². The molecule has 1 N–H and O–H groups in total. The number of ketones is 1. The molecule has 0 unspecified atom stereocenters. The molecule has 22 heavy (non-hydrogen) atoms. The van der Waals surface area contributed by atoms with Gasteiger partial charge in [0.15, 0.2) is 5.78 Å². The minimum absolute atomic E-state index is 0.0256. The lowest BCUT2D eigenvalue weighted by Crippen LogP contribution is -2.32. The molecule has 0 aliphatic rings. The molecule has 0 saturated heterocycles. The predicted octanol–water partition coefficient (Wildman–Crippen LogP) is 1.23. The van der Waals surface area contributed by atoms with Crippen LogP contribution in [0.1, 0.15) is 46.0 Å². The molecule has 0 saturated carbocycles. The molecule has 0 atom stereocenters. The Hall–Kier alpha value is -2.62. The molecule has 7 nitrogen and oxygen atoms in total. The maximum Gasteiger partial charge on any atom is 0.339 e. The number of aromatic amines is 1. The lowest BCUT2D eigenvalue weighted by Gasteiger charge is -2.17. The summed E-state index contributed by atoms with van der Waals surface area (Å²) in [6.45, 7) is 5.12. The van der Waals surface area contributed by atoms with Crippen molar-refractivity contribution < 1.29 is 19.1 Å².